The normalized spacial score (nSPS) is 28.2. The zero-order chi connectivity index (χ0) is 40.7. The van der Waals surface area contributed by atoms with E-state index in [1.807, 2.05) is 0 Å². The van der Waals surface area contributed by atoms with Gasteiger partial charge in [-0.15, -0.1) is 0 Å². The van der Waals surface area contributed by atoms with E-state index in [1.54, 1.807) is 0 Å². The van der Waals surface area contributed by atoms with E-state index < -0.39 is 131 Å². The molecular weight excluding hydrogens is 803 g/mol. The van der Waals surface area contributed by atoms with E-state index in [0.29, 0.717) is 0 Å². The first-order valence-electron chi connectivity index (χ1n) is 17.7. The molecule has 0 radical (unpaired) electrons. The molecule has 0 aromatic heterocycles. The standard InChI is InChI=1S/C34H54O18SeSi/c1-11-54(12-2,13-3)45-15-14-42-33-30(49-23(9)40)29(48-22(8)39)32(26(51-33)17-44-19(5)36)53-34-31(50-24(10)41)28(47-21(7)38)27(46-20(6)37)25(52-34)16-43-18(4)35/h25-34H,11-17H2,1-10H3/t25-,26-,27+,28+,29-,30-,31-,32-,33-,34+/m1/s1. The second kappa shape index (κ2) is 22.4. The Morgan fingerprint density at radius 2 is 0.963 bits per heavy atom. The molecule has 18 nitrogen and oxygen atoms in total. The second-order valence-corrected chi connectivity index (χ2v) is 20.1. The molecular formula is C34H54O18SeSi. The third-order valence-corrected chi connectivity index (χ3v) is 16.5. The maximum absolute atomic E-state index is 12.7. The fourth-order valence-corrected chi connectivity index (χ4v) is 12.0. The Hall–Kier alpha value is -3.13. The van der Waals surface area contributed by atoms with Gasteiger partial charge in [-0.2, -0.15) is 0 Å². The summed E-state index contributed by atoms with van der Waals surface area (Å²) in [5.41, 5.74) is 0. The van der Waals surface area contributed by atoms with Gasteiger partial charge in [0.25, 0.3) is 0 Å². The molecule has 0 aromatic carbocycles. The van der Waals surface area contributed by atoms with Crippen LogP contribution in [0.15, 0.2) is 0 Å². The fourth-order valence-electron chi connectivity index (χ4n) is 6.09. The van der Waals surface area contributed by atoms with Crippen molar-refractivity contribution in [3.63, 3.8) is 0 Å². The Labute approximate surface area is 322 Å². The van der Waals surface area contributed by atoms with E-state index in [1.165, 1.54) is 6.92 Å². The van der Waals surface area contributed by atoms with Gasteiger partial charge in [0.2, 0.25) is 0 Å². The van der Waals surface area contributed by atoms with Gasteiger partial charge in [0.15, 0.2) is 0 Å². The number of carbonyl (C=O) groups is 7. The summed E-state index contributed by atoms with van der Waals surface area (Å²) < 4.78 is 63.8. The predicted molar refractivity (Wildman–Crippen MR) is 187 cm³/mol. The summed E-state index contributed by atoms with van der Waals surface area (Å²) in [6.45, 7) is 13.5. The minimum atomic E-state index is -1.99. The van der Waals surface area contributed by atoms with E-state index in [0.717, 1.165) is 59.7 Å². The van der Waals surface area contributed by atoms with Crippen molar-refractivity contribution in [1.82, 2.24) is 0 Å². The van der Waals surface area contributed by atoms with E-state index in [9.17, 15) is 33.6 Å². The molecule has 0 aliphatic carbocycles. The van der Waals surface area contributed by atoms with Crippen LogP contribution in [-0.2, 0) is 85.4 Å². The Kier molecular flexibility index (Phi) is 19.5. The monoisotopic (exact) mass is 858 g/mol. The number of rotatable bonds is 19. The van der Waals surface area contributed by atoms with Crippen molar-refractivity contribution in [3.05, 3.63) is 0 Å². The number of hydrogen-bond donors (Lipinski definition) is 0. The zero-order valence-electron chi connectivity index (χ0n) is 32.5. The molecule has 54 heavy (non-hydrogen) atoms. The fraction of sp³-hybridized carbons (Fsp3) is 0.794. The molecule has 0 saturated carbocycles. The van der Waals surface area contributed by atoms with Gasteiger partial charge in [-0.1, -0.05) is 0 Å². The molecule has 308 valence electrons. The molecule has 20 heteroatoms. The predicted octanol–water partition coefficient (Wildman–Crippen LogP) is 1.75. The van der Waals surface area contributed by atoms with E-state index in [4.69, 9.17) is 51.8 Å². The van der Waals surface area contributed by atoms with Crippen LogP contribution in [0.2, 0.25) is 22.9 Å². The Morgan fingerprint density at radius 1 is 0.519 bits per heavy atom. The molecule has 2 fully saturated rings. The summed E-state index contributed by atoms with van der Waals surface area (Å²) in [4.78, 5) is 85.2. The second-order valence-electron chi connectivity index (χ2n) is 12.6. The van der Waals surface area contributed by atoms with E-state index in [2.05, 4.69) is 20.8 Å². The molecule has 0 unspecified atom stereocenters. The Bertz CT molecular complexity index is 1300. The number of carbonyl (C=O) groups excluding carboxylic acids is 7. The molecule has 2 heterocycles. The Morgan fingerprint density at radius 3 is 1.44 bits per heavy atom. The maximum atomic E-state index is 12.7. The van der Waals surface area contributed by atoms with Gasteiger partial charge < -0.3 is 0 Å². The molecule has 2 saturated heterocycles. The summed E-state index contributed by atoms with van der Waals surface area (Å²) in [7, 11) is -1.99. The first kappa shape index (κ1) is 47.0. The molecule has 2 aliphatic rings. The summed E-state index contributed by atoms with van der Waals surface area (Å²) in [5, 5.41) is -1.22. The minimum absolute atomic E-state index is 0.0137. The van der Waals surface area contributed by atoms with Crippen molar-refractivity contribution in [3.8, 4) is 0 Å². The van der Waals surface area contributed by atoms with Crippen LogP contribution >= 0.6 is 0 Å². The molecule has 0 spiro atoms. The van der Waals surface area contributed by atoms with Gasteiger partial charge in [0.1, 0.15) is 0 Å². The van der Waals surface area contributed by atoms with Gasteiger partial charge in [-0.3, -0.25) is 0 Å². The van der Waals surface area contributed by atoms with Crippen LogP contribution in [0.5, 0.6) is 0 Å². The van der Waals surface area contributed by atoms with Crippen LogP contribution in [0, 0.1) is 0 Å². The van der Waals surface area contributed by atoms with Crippen LogP contribution in [0.25, 0.3) is 0 Å². The van der Waals surface area contributed by atoms with Crippen molar-refractivity contribution in [1.29, 1.82) is 0 Å². The van der Waals surface area contributed by atoms with Gasteiger partial charge >= 0.3 is 323 Å². The first-order valence-corrected chi connectivity index (χ1v) is 22.2. The quantitative estimate of drug-likeness (QED) is 0.0782. The first-order chi connectivity index (χ1) is 25.4. The van der Waals surface area contributed by atoms with Crippen molar-refractivity contribution in [2.75, 3.05) is 26.4 Å². The number of ether oxygens (including phenoxy) is 10. The van der Waals surface area contributed by atoms with Crippen LogP contribution in [0.1, 0.15) is 69.2 Å². The van der Waals surface area contributed by atoms with E-state index in [-0.39, 0.29) is 19.8 Å². The SMILES string of the molecule is CC[Si](CC)(CC)OCCO[C@@H]1O[C@H](COC(C)=O)[C@@H]([Se][C@@H]2O[C@H](COC(C)=O)[C@H](OC(C)=O)[C@H](OC(C)=O)[C@H]2OC(C)=O)[C@H](OC(C)=O)[C@H]1OC(C)=O. The Balaban J connectivity index is 2.67. The van der Waals surface area contributed by atoms with Crippen LogP contribution < -0.4 is 0 Å². The zero-order valence-corrected chi connectivity index (χ0v) is 35.2. The van der Waals surface area contributed by atoms with Gasteiger partial charge in [0.05, 0.1) is 0 Å². The summed E-state index contributed by atoms with van der Waals surface area (Å²) in [6.07, 6.45) is -10.7. The third-order valence-electron chi connectivity index (χ3n) is 8.59. The molecule has 0 N–H and O–H groups in total. The van der Waals surface area contributed by atoms with Crippen molar-refractivity contribution in [2.24, 2.45) is 0 Å². The number of hydrogen-bond acceptors (Lipinski definition) is 18. The molecule has 0 aromatic rings. The average Bonchev–Trinajstić information content (AvgIpc) is 3.07. The van der Waals surface area contributed by atoms with Gasteiger partial charge in [0, 0.05) is 0 Å². The summed E-state index contributed by atoms with van der Waals surface area (Å²) in [5.74, 6) is -5.31. The van der Waals surface area contributed by atoms with E-state index >= 15 is 0 Å². The van der Waals surface area contributed by atoms with Crippen LogP contribution in [0.4, 0.5) is 0 Å². The van der Waals surface area contributed by atoms with Crippen molar-refractivity contribution in [2.45, 2.75) is 146 Å². The van der Waals surface area contributed by atoms with Gasteiger partial charge in [-0.05, 0) is 0 Å². The topological polar surface area (TPSA) is 221 Å². The van der Waals surface area contributed by atoms with Crippen molar-refractivity contribution >= 4 is 65.1 Å². The molecule has 2 aliphatic heterocycles. The van der Waals surface area contributed by atoms with Crippen LogP contribution in [0.3, 0.4) is 0 Å². The van der Waals surface area contributed by atoms with Crippen LogP contribution in [-0.4, -0.2) is 146 Å². The van der Waals surface area contributed by atoms with Crippen molar-refractivity contribution < 1.29 is 85.4 Å². The number of esters is 7. The summed E-state index contributed by atoms with van der Waals surface area (Å²) >= 11 is -1.10. The van der Waals surface area contributed by atoms with Gasteiger partial charge in [-0.25, -0.2) is 0 Å². The average molecular weight is 858 g/mol. The molecule has 2 rings (SSSR count). The summed E-state index contributed by atoms with van der Waals surface area (Å²) in [6, 6.07) is 2.70. The molecule has 0 bridgehead atoms. The molecule has 10 atom stereocenters. The third kappa shape index (κ3) is 14.5. The molecule has 0 amide bonds.